The zero-order chi connectivity index (χ0) is 11.8. The fourth-order valence-corrected chi connectivity index (χ4v) is 2.26. The topological polar surface area (TPSA) is 34.4 Å². The molecule has 92 valence electrons. The van der Waals surface area contributed by atoms with Crippen molar-refractivity contribution < 1.29 is 9.15 Å². The first kappa shape index (κ1) is 13.6. The maximum absolute atomic E-state index is 5.60. The lowest BCUT2D eigenvalue weighted by Gasteiger charge is -2.14. The van der Waals surface area contributed by atoms with Gasteiger partial charge in [0.15, 0.2) is 0 Å². The van der Waals surface area contributed by atoms with Crippen LogP contribution in [-0.2, 0) is 17.9 Å². The Morgan fingerprint density at radius 1 is 1.44 bits per heavy atom. The summed E-state index contributed by atoms with van der Waals surface area (Å²) in [5, 5.41) is 3.49. The molecule has 0 aliphatic heterocycles. The van der Waals surface area contributed by atoms with Crippen molar-refractivity contribution in [2.24, 2.45) is 0 Å². The zero-order valence-corrected chi connectivity index (χ0v) is 11.1. The molecule has 0 saturated carbocycles. The lowest BCUT2D eigenvalue weighted by molar-refractivity contribution is 0.162. The molecule has 1 unspecified atom stereocenters. The summed E-state index contributed by atoms with van der Waals surface area (Å²) in [6.07, 6.45) is 3.28. The predicted molar refractivity (Wildman–Crippen MR) is 68.7 cm³/mol. The smallest absolute Gasteiger partial charge is 0.129 e. The standard InChI is InChI=1S/C12H21NO2S/c1-4-10(9-16-3)13-7-11-5-6-12(15-11)8-14-2/h5-6,10,13H,4,7-9H2,1-3H3. The molecule has 0 aliphatic carbocycles. The molecule has 1 aromatic rings. The van der Waals surface area contributed by atoms with Gasteiger partial charge in [-0.3, -0.25) is 0 Å². The van der Waals surface area contributed by atoms with Crippen LogP contribution in [0.2, 0.25) is 0 Å². The van der Waals surface area contributed by atoms with E-state index in [0.717, 1.165) is 30.2 Å². The maximum atomic E-state index is 5.60. The number of furan rings is 1. The summed E-state index contributed by atoms with van der Waals surface area (Å²) in [7, 11) is 1.67. The molecule has 1 rings (SSSR count). The first-order chi connectivity index (χ1) is 7.80. The van der Waals surface area contributed by atoms with Gasteiger partial charge in [0, 0.05) is 18.9 Å². The highest BCUT2D eigenvalue weighted by Gasteiger charge is 2.06. The maximum Gasteiger partial charge on any atom is 0.129 e. The second-order valence-corrected chi connectivity index (χ2v) is 4.65. The molecule has 4 heteroatoms. The van der Waals surface area contributed by atoms with E-state index in [2.05, 4.69) is 18.5 Å². The number of thioether (sulfide) groups is 1. The van der Waals surface area contributed by atoms with Gasteiger partial charge >= 0.3 is 0 Å². The summed E-state index contributed by atoms with van der Waals surface area (Å²) >= 11 is 1.87. The van der Waals surface area contributed by atoms with Crippen molar-refractivity contribution in [3.05, 3.63) is 23.7 Å². The van der Waals surface area contributed by atoms with E-state index in [-0.39, 0.29) is 0 Å². The van der Waals surface area contributed by atoms with Crippen LogP contribution in [0, 0.1) is 0 Å². The summed E-state index contributed by atoms with van der Waals surface area (Å²) in [4.78, 5) is 0. The van der Waals surface area contributed by atoms with Crippen molar-refractivity contribution in [2.75, 3.05) is 19.1 Å². The highest BCUT2D eigenvalue weighted by Crippen LogP contribution is 2.09. The van der Waals surface area contributed by atoms with Gasteiger partial charge in [0.1, 0.15) is 18.1 Å². The molecule has 0 aromatic carbocycles. The van der Waals surface area contributed by atoms with Gasteiger partial charge in [-0.25, -0.2) is 0 Å². The second-order valence-electron chi connectivity index (χ2n) is 3.74. The lowest BCUT2D eigenvalue weighted by Crippen LogP contribution is -2.29. The van der Waals surface area contributed by atoms with E-state index in [1.807, 2.05) is 23.9 Å². The van der Waals surface area contributed by atoms with Gasteiger partial charge in [0.05, 0.1) is 6.54 Å². The number of methoxy groups -OCH3 is 1. The Kier molecular flexibility index (Phi) is 6.61. The normalized spacial score (nSPS) is 12.9. The van der Waals surface area contributed by atoms with Gasteiger partial charge in [0.25, 0.3) is 0 Å². The van der Waals surface area contributed by atoms with E-state index in [4.69, 9.17) is 9.15 Å². The first-order valence-electron chi connectivity index (χ1n) is 5.59. The van der Waals surface area contributed by atoms with Crippen molar-refractivity contribution in [2.45, 2.75) is 32.5 Å². The lowest BCUT2D eigenvalue weighted by atomic mass is 10.2. The number of nitrogens with one attached hydrogen (secondary N) is 1. The number of hydrogen-bond donors (Lipinski definition) is 1. The van der Waals surface area contributed by atoms with Gasteiger partial charge in [-0.1, -0.05) is 6.92 Å². The fourth-order valence-electron chi connectivity index (χ4n) is 1.50. The molecule has 0 bridgehead atoms. The third kappa shape index (κ3) is 4.60. The van der Waals surface area contributed by atoms with Crippen LogP contribution in [0.25, 0.3) is 0 Å². The minimum atomic E-state index is 0.544. The summed E-state index contributed by atoms with van der Waals surface area (Å²) in [5.74, 6) is 3.01. The summed E-state index contributed by atoms with van der Waals surface area (Å²) in [6.45, 7) is 3.54. The van der Waals surface area contributed by atoms with E-state index in [0.29, 0.717) is 12.6 Å². The van der Waals surface area contributed by atoms with E-state index >= 15 is 0 Å². The van der Waals surface area contributed by atoms with Gasteiger partial charge in [0.2, 0.25) is 0 Å². The van der Waals surface area contributed by atoms with Crippen LogP contribution in [-0.4, -0.2) is 25.2 Å². The third-order valence-corrected chi connectivity index (χ3v) is 3.17. The molecule has 16 heavy (non-hydrogen) atoms. The van der Waals surface area contributed by atoms with Crippen LogP contribution >= 0.6 is 11.8 Å². The molecular weight excluding hydrogens is 222 g/mol. The highest BCUT2D eigenvalue weighted by atomic mass is 32.2. The van der Waals surface area contributed by atoms with Crippen LogP contribution < -0.4 is 5.32 Å². The van der Waals surface area contributed by atoms with Gasteiger partial charge in [-0.2, -0.15) is 11.8 Å². The van der Waals surface area contributed by atoms with Crippen LogP contribution in [0.3, 0.4) is 0 Å². The van der Waals surface area contributed by atoms with E-state index in [1.54, 1.807) is 7.11 Å². The monoisotopic (exact) mass is 243 g/mol. The fraction of sp³-hybridized carbons (Fsp3) is 0.667. The molecular formula is C12H21NO2S. The molecule has 0 amide bonds. The minimum absolute atomic E-state index is 0.544. The summed E-state index contributed by atoms with van der Waals surface area (Å²) in [5.41, 5.74) is 0. The number of ether oxygens (including phenoxy) is 1. The van der Waals surface area contributed by atoms with Crippen molar-refractivity contribution in [1.82, 2.24) is 5.32 Å². The molecule has 0 spiro atoms. The summed E-state index contributed by atoms with van der Waals surface area (Å²) in [6, 6.07) is 4.54. The average Bonchev–Trinajstić information content (AvgIpc) is 2.72. The molecule has 0 saturated heterocycles. The Balaban J connectivity index is 2.34. The van der Waals surface area contributed by atoms with Crippen molar-refractivity contribution in [1.29, 1.82) is 0 Å². The van der Waals surface area contributed by atoms with Crippen molar-refractivity contribution in [3.63, 3.8) is 0 Å². The van der Waals surface area contributed by atoms with E-state index < -0.39 is 0 Å². The van der Waals surface area contributed by atoms with Crippen LogP contribution in [0.15, 0.2) is 16.5 Å². The predicted octanol–water partition coefficient (Wildman–Crippen LogP) is 2.66. The largest absolute Gasteiger partial charge is 0.462 e. The Hall–Kier alpha value is -0.450. The number of hydrogen-bond acceptors (Lipinski definition) is 4. The average molecular weight is 243 g/mol. The zero-order valence-electron chi connectivity index (χ0n) is 10.3. The Morgan fingerprint density at radius 3 is 2.81 bits per heavy atom. The molecule has 3 nitrogen and oxygen atoms in total. The Morgan fingerprint density at radius 2 is 2.19 bits per heavy atom. The van der Waals surface area contributed by atoms with Gasteiger partial charge in [-0.05, 0) is 24.8 Å². The summed E-state index contributed by atoms with van der Waals surface area (Å²) < 4.78 is 10.6. The van der Waals surface area contributed by atoms with E-state index in [1.165, 1.54) is 0 Å². The van der Waals surface area contributed by atoms with E-state index in [9.17, 15) is 0 Å². The first-order valence-corrected chi connectivity index (χ1v) is 6.98. The molecule has 0 fully saturated rings. The van der Waals surface area contributed by atoms with Crippen LogP contribution in [0.1, 0.15) is 24.9 Å². The highest BCUT2D eigenvalue weighted by molar-refractivity contribution is 7.98. The van der Waals surface area contributed by atoms with Crippen LogP contribution in [0.5, 0.6) is 0 Å². The Labute approximate surface area is 102 Å². The second kappa shape index (κ2) is 7.76. The molecule has 1 aromatic heterocycles. The molecule has 1 atom stereocenters. The number of rotatable bonds is 8. The Bertz CT molecular complexity index is 288. The third-order valence-electron chi connectivity index (χ3n) is 2.43. The van der Waals surface area contributed by atoms with Gasteiger partial charge < -0.3 is 14.5 Å². The van der Waals surface area contributed by atoms with Crippen molar-refractivity contribution >= 4 is 11.8 Å². The minimum Gasteiger partial charge on any atom is -0.462 e. The van der Waals surface area contributed by atoms with Crippen molar-refractivity contribution in [3.8, 4) is 0 Å². The molecule has 1 N–H and O–H groups in total. The van der Waals surface area contributed by atoms with Gasteiger partial charge in [-0.15, -0.1) is 0 Å². The quantitative estimate of drug-likeness (QED) is 0.761. The SMILES string of the molecule is CCC(CSC)NCc1ccc(COC)o1. The molecule has 0 radical (unpaired) electrons. The molecule has 0 aliphatic rings. The van der Waals surface area contributed by atoms with Crippen LogP contribution in [0.4, 0.5) is 0 Å². The molecule has 1 heterocycles.